The molecule has 15 heavy (non-hydrogen) atoms. The summed E-state index contributed by atoms with van der Waals surface area (Å²) in [6.45, 7) is 4.83. The lowest BCUT2D eigenvalue weighted by Gasteiger charge is -2.03. The number of benzene rings is 1. The van der Waals surface area contributed by atoms with Gasteiger partial charge in [0.15, 0.2) is 5.11 Å². The minimum Gasteiger partial charge on any atom is -0.362 e. The van der Waals surface area contributed by atoms with Gasteiger partial charge < -0.3 is 5.32 Å². The fraction of sp³-hybridized carbons (Fsp3) is 0.273. The van der Waals surface area contributed by atoms with E-state index in [0.29, 0.717) is 5.11 Å². The molecule has 1 aromatic carbocycles. The van der Waals surface area contributed by atoms with Gasteiger partial charge in [-0.2, -0.15) is 5.10 Å². The Labute approximate surface area is 95.6 Å². The van der Waals surface area contributed by atoms with Gasteiger partial charge in [-0.3, -0.25) is 5.43 Å². The van der Waals surface area contributed by atoms with Crippen LogP contribution in [0.1, 0.15) is 18.1 Å². The van der Waals surface area contributed by atoms with Crippen LogP contribution in [0.5, 0.6) is 0 Å². The van der Waals surface area contributed by atoms with Crippen molar-refractivity contribution in [1.82, 2.24) is 10.7 Å². The molecular weight excluding hydrogens is 206 g/mol. The van der Waals surface area contributed by atoms with E-state index in [1.165, 1.54) is 5.56 Å². The lowest BCUT2D eigenvalue weighted by atomic mass is 10.1. The fourth-order valence-electron chi connectivity index (χ4n) is 1.09. The number of thiocarbonyl (C=S) groups is 1. The average molecular weight is 221 g/mol. The minimum atomic E-state index is 0.544. The summed E-state index contributed by atoms with van der Waals surface area (Å²) < 4.78 is 0. The van der Waals surface area contributed by atoms with Gasteiger partial charge in [-0.1, -0.05) is 24.3 Å². The largest absolute Gasteiger partial charge is 0.362 e. The highest BCUT2D eigenvalue weighted by Gasteiger charge is 1.92. The van der Waals surface area contributed by atoms with Crippen LogP contribution in [0, 0.1) is 6.92 Å². The van der Waals surface area contributed by atoms with Gasteiger partial charge >= 0.3 is 0 Å². The number of rotatable bonds is 3. The molecule has 0 atom stereocenters. The molecule has 3 nitrogen and oxygen atoms in total. The number of aryl methyl sites for hydroxylation is 1. The quantitative estimate of drug-likeness (QED) is 0.464. The lowest BCUT2D eigenvalue weighted by Crippen LogP contribution is -2.31. The van der Waals surface area contributed by atoms with Gasteiger partial charge in [0.1, 0.15) is 0 Å². The maximum atomic E-state index is 4.97. The molecule has 1 rings (SSSR count). The molecule has 0 saturated heterocycles. The summed E-state index contributed by atoms with van der Waals surface area (Å²) >= 11 is 4.97. The number of nitrogens with zero attached hydrogens (tertiary/aromatic N) is 1. The Balaban J connectivity index is 2.52. The van der Waals surface area contributed by atoms with E-state index >= 15 is 0 Å². The van der Waals surface area contributed by atoms with Crippen LogP contribution in [0.3, 0.4) is 0 Å². The first-order chi connectivity index (χ1) is 7.24. The van der Waals surface area contributed by atoms with Crippen molar-refractivity contribution in [1.29, 1.82) is 0 Å². The summed E-state index contributed by atoms with van der Waals surface area (Å²) in [4.78, 5) is 0. The second-order valence-corrected chi connectivity index (χ2v) is 3.49. The van der Waals surface area contributed by atoms with Crippen molar-refractivity contribution in [2.45, 2.75) is 13.8 Å². The first kappa shape index (κ1) is 11.7. The molecule has 0 saturated carbocycles. The van der Waals surface area contributed by atoms with E-state index < -0.39 is 0 Å². The van der Waals surface area contributed by atoms with Gasteiger partial charge in [0, 0.05) is 6.54 Å². The van der Waals surface area contributed by atoms with E-state index in [0.717, 1.165) is 12.1 Å². The molecule has 0 fully saturated rings. The smallest absolute Gasteiger partial charge is 0.186 e. The van der Waals surface area contributed by atoms with Crippen molar-refractivity contribution in [3.05, 3.63) is 35.4 Å². The zero-order valence-electron chi connectivity index (χ0n) is 8.95. The van der Waals surface area contributed by atoms with Crippen LogP contribution in [-0.2, 0) is 0 Å². The molecule has 80 valence electrons. The summed E-state index contributed by atoms with van der Waals surface area (Å²) in [5.41, 5.74) is 5.03. The molecule has 0 amide bonds. The molecule has 0 aromatic heterocycles. The Hall–Kier alpha value is -1.42. The average Bonchev–Trinajstić information content (AvgIpc) is 2.21. The van der Waals surface area contributed by atoms with Crippen LogP contribution in [0.15, 0.2) is 29.4 Å². The van der Waals surface area contributed by atoms with Crippen molar-refractivity contribution < 1.29 is 0 Å². The zero-order valence-corrected chi connectivity index (χ0v) is 9.77. The second-order valence-electron chi connectivity index (χ2n) is 3.09. The lowest BCUT2D eigenvalue weighted by molar-refractivity contribution is 0.904. The molecule has 0 aliphatic carbocycles. The highest BCUT2D eigenvalue weighted by atomic mass is 32.1. The molecule has 2 N–H and O–H groups in total. The monoisotopic (exact) mass is 221 g/mol. The molecule has 0 unspecified atom stereocenters. The second kappa shape index (κ2) is 6.14. The standard InChI is InChI=1S/C11H15N3S/c1-3-12-11(15)14-13-8-10-7-5-4-6-9(10)2/h4-8H,3H2,1-2H3,(H2,12,14,15)/b13-8-. The first-order valence-corrected chi connectivity index (χ1v) is 5.27. The molecule has 0 aliphatic heterocycles. The number of hydrogen-bond acceptors (Lipinski definition) is 2. The predicted octanol–water partition coefficient (Wildman–Crippen LogP) is 1.81. The normalized spacial score (nSPS) is 10.3. The van der Waals surface area contributed by atoms with E-state index in [-0.39, 0.29) is 0 Å². The minimum absolute atomic E-state index is 0.544. The third-order valence-electron chi connectivity index (χ3n) is 1.90. The van der Waals surface area contributed by atoms with Crippen molar-refractivity contribution in [2.75, 3.05) is 6.54 Å². The maximum absolute atomic E-state index is 4.97. The van der Waals surface area contributed by atoms with E-state index in [4.69, 9.17) is 12.2 Å². The number of nitrogens with one attached hydrogen (secondary N) is 2. The Morgan fingerprint density at radius 1 is 1.47 bits per heavy atom. The van der Waals surface area contributed by atoms with Crippen molar-refractivity contribution >= 4 is 23.5 Å². The van der Waals surface area contributed by atoms with Crippen LogP contribution >= 0.6 is 12.2 Å². The first-order valence-electron chi connectivity index (χ1n) is 4.86. The fourth-order valence-corrected chi connectivity index (χ4v) is 1.29. The summed E-state index contributed by atoms with van der Waals surface area (Å²) in [5.74, 6) is 0. The third kappa shape index (κ3) is 4.08. The Morgan fingerprint density at radius 3 is 2.87 bits per heavy atom. The Bertz CT molecular complexity index is 361. The third-order valence-corrected chi connectivity index (χ3v) is 2.13. The molecule has 0 heterocycles. The van der Waals surface area contributed by atoms with Crippen LogP contribution < -0.4 is 10.7 Å². The zero-order chi connectivity index (χ0) is 11.1. The van der Waals surface area contributed by atoms with Gasteiger partial charge in [0.25, 0.3) is 0 Å². The molecule has 1 aromatic rings. The Kier molecular flexibility index (Phi) is 4.77. The van der Waals surface area contributed by atoms with E-state index in [2.05, 4.69) is 15.8 Å². The molecule has 0 aliphatic rings. The molecule has 0 radical (unpaired) electrons. The summed E-state index contributed by atoms with van der Waals surface area (Å²) in [6, 6.07) is 8.04. The van der Waals surface area contributed by atoms with Crippen molar-refractivity contribution in [3.63, 3.8) is 0 Å². The number of hydrazone groups is 1. The number of hydrogen-bond donors (Lipinski definition) is 2. The summed E-state index contributed by atoms with van der Waals surface area (Å²) in [5, 5.41) is 7.54. The van der Waals surface area contributed by atoms with Gasteiger partial charge in [-0.25, -0.2) is 0 Å². The predicted molar refractivity (Wildman–Crippen MR) is 68.2 cm³/mol. The van der Waals surface area contributed by atoms with Gasteiger partial charge in [0.2, 0.25) is 0 Å². The van der Waals surface area contributed by atoms with Crippen molar-refractivity contribution in [3.8, 4) is 0 Å². The maximum Gasteiger partial charge on any atom is 0.186 e. The van der Waals surface area contributed by atoms with Crippen LogP contribution in [0.4, 0.5) is 0 Å². The topological polar surface area (TPSA) is 36.4 Å². The summed E-state index contributed by atoms with van der Waals surface area (Å²) in [6.07, 6.45) is 1.76. The van der Waals surface area contributed by atoms with Gasteiger partial charge in [0.05, 0.1) is 6.21 Å². The van der Waals surface area contributed by atoms with E-state index in [1.54, 1.807) is 6.21 Å². The van der Waals surface area contributed by atoms with Crippen LogP contribution in [-0.4, -0.2) is 17.9 Å². The van der Waals surface area contributed by atoms with Crippen LogP contribution in [0.2, 0.25) is 0 Å². The van der Waals surface area contributed by atoms with E-state index in [1.807, 2.05) is 38.1 Å². The molecule has 0 bridgehead atoms. The molecule has 0 spiro atoms. The SMILES string of the molecule is CCNC(=S)N/N=C\c1ccccc1C. The van der Waals surface area contributed by atoms with Crippen molar-refractivity contribution in [2.24, 2.45) is 5.10 Å². The molecular formula is C11H15N3S. The Morgan fingerprint density at radius 2 is 2.20 bits per heavy atom. The summed E-state index contributed by atoms with van der Waals surface area (Å²) in [7, 11) is 0. The molecule has 4 heteroatoms. The highest BCUT2D eigenvalue weighted by molar-refractivity contribution is 7.80. The van der Waals surface area contributed by atoms with E-state index in [9.17, 15) is 0 Å². The highest BCUT2D eigenvalue weighted by Crippen LogP contribution is 2.02. The van der Waals surface area contributed by atoms with Crippen LogP contribution in [0.25, 0.3) is 0 Å². The van der Waals surface area contributed by atoms with Gasteiger partial charge in [-0.05, 0) is 37.2 Å². The van der Waals surface area contributed by atoms with Gasteiger partial charge in [-0.15, -0.1) is 0 Å².